The molecule has 0 spiro atoms. The molecule has 0 aromatic rings. The number of amides is 1. The van der Waals surface area contributed by atoms with Gasteiger partial charge in [-0.2, -0.15) is 0 Å². The zero-order valence-corrected chi connectivity index (χ0v) is 10.8. The smallest absolute Gasteiger partial charge is 0.233 e. The van der Waals surface area contributed by atoms with E-state index in [1.807, 2.05) is 0 Å². The van der Waals surface area contributed by atoms with E-state index in [9.17, 15) is 13.2 Å². The van der Waals surface area contributed by atoms with Crippen molar-refractivity contribution in [2.75, 3.05) is 31.1 Å². The summed E-state index contributed by atoms with van der Waals surface area (Å²) in [4.78, 5) is 11.4. The van der Waals surface area contributed by atoms with Crippen LogP contribution in [0.1, 0.15) is 19.3 Å². The number of carbonyl (C=O) groups is 1. The van der Waals surface area contributed by atoms with Crippen LogP contribution in [0.25, 0.3) is 0 Å². The van der Waals surface area contributed by atoms with Crippen molar-refractivity contribution in [1.29, 1.82) is 0 Å². The van der Waals surface area contributed by atoms with Crippen molar-refractivity contribution < 1.29 is 13.2 Å². The minimum Gasteiger partial charge on any atom is -0.355 e. The number of rotatable bonds is 6. The molecule has 1 atom stereocenters. The topological polar surface area (TPSA) is 75.3 Å². The van der Waals surface area contributed by atoms with Gasteiger partial charge >= 0.3 is 0 Å². The maximum absolute atomic E-state index is 11.4. The second kappa shape index (κ2) is 5.35. The van der Waals surface area contributed by atoms with E-state index in [-0.39, 0.29) is 23.3 Å². The number of nitrogens with one attached hydrogen (secondary N) is 2. The lowest BCUT2D eigenvalue weighted by atomic mass is 10.1. The van der Waals surface area contributed by atoms with E-state index < -0.39 is 9.84 Å². The first-order valence-corrected chi connectivity index (χ1v) is 8.05. The Morgan fingerprint density at radius 2 is 1.88 bits per heavy atom. The van der Waals surface area contributed by atoms with Crippen LogP contribution in [0.2, 0.25) is 0 Å². The molecule has 0 radical (unpaired) electrons. The Hall–Kier alpha value is -0.620. The molecule has 0 aromatic heterocycles. The third-order valence-corrected chi connectivity index (χ3v) is 5.17. The summed E-state index contributed by atoms with van der Waals surface area (Å²) in [6.45, 7) is 1.75. The highest BCUT2D eigenvalue weighted by Gasteiger charge is 2.27. The summed E-state index contributed by atoms with van der Waals surface area (Å²) in [5, 5.41) is 5.90. The van der Waals surface area contributed by atoms with Crippen LogP contribution in [0.4, 0.5) is 0 Å². The minimum atomic E-state index is -2.83. The van der Waals surface area contributed by atoms with Gasteiger partial charge in [-0.1, -0.05) is 0 Å². The van der Waals surface area contributed by atoms with Crippen molar-refractivity contribution in [2.24, 2.45) is 11.8 Å². The van der Waals surface area contributed by atoms with Gasteiger partial charge in [0.2, 0.25) is 5.91 Å². The maximum Gasteiger partial charge on any atom is 0.233 e. The van der Waals surface area contributed by atoms with Gasteiger partial charge in [-0.25, -0.2) is 8.42 Å². The fraction of sp³-hybridized carbons (Fsp3) is 0.909. The van der Waals surface area contributed by atoms with E-state index >= 15 is 0 Å². The third kappa shape index (κ3) is 4.63. The van der Waals surface area contributed by atoms with Gasteiger partial charge < -0.3 is 10.6 Å². The molecular formula is C11H20N2O3S. The average Bonchev–Trinajstić information content (AvgIpc) is 3.00. The number of sulfone groups is 1. The van der Waals surface area contributed by atoms with Crippen LogP contribution in [0.3, 0.4) is 0 Å². The van der Waals surface area contributed by atoms with E-state index in [4.69, 9.17) is 0 Å². The van der Waals surface area contributed by atoms with Crippen LogP contribution in [-0.4, -0.2) is 45.5 Å². The fourth-order valence-corrected chi connectivity index (χ4v) is 3.93. The van der Waals surface area contributed by atoms with Crippen molar-refractivity contribution >= 4 is 15.7 Å². The first kappa shape index (κ1) is 12.8. The fourth-order valence-electron chi connectivity index (χ4n) is 2.07. The maximum atomic E-state index is 11.4. The van der Waals surface area contributed by atoms with Crippen molar-refractivity contribution in [3.63, 3.8) is 0 Å². The summed E-state index contributed by atoms with van der Waals surface area (Å²) < 4.78 is 22.4. The standard InChI is InChI=1S/C11H20N2O3S/c14-11(7-12-5-9-1-2-9)13-6-10-3-4-17(15,16)8-10/h9-10,12H,1-8H2,(H,13,14). The summed E-state index contributed by atoms with van der Waals surface area (Å²) >= 11 is 0. The molecule has 2 rings (SSSR count). The van der Waals surface area contributed by atoms with Crippen LogP contribution in [0, 0.1) is 11.8 Å². The molecular weight excluding hydrogens is 240 g/mol. The van der Waals surface area contributed by atoms with Crippen LogP contribution in [0.15, 0.2) is 0 Å². The Labute approximate surface area is 102 Å². The zero-order chi connectivity index (χ0) is 12.3. The second-order valence-electron chi connectivity index (χ2n) is 5.15. The van der Waals surface area contributed by atoms with Gasteiger partial charge in [-0.05, 0) is 37.6 Å². The van der Waals surface area contributed by atoms with E-state index in [1.54, 1.807) is 0 Å². The third-order valence-electron chi connectivity index (χ3n) is 3.33. The van der Waals surface area contributed by atoms with E-state index in [2.05, 4.69) is 10.6 Å². The van der Waals surface area contributed by atoms with Gasteiger partial charge in [0.05, 0.1) is 18.1 Å². The molecule has 2 aliphatic rings. The van der Waals surface area contributed by atoms with Gasteiger partial charge in [-0.3, -0.25) is 4.79 Å². The first-order valence-electron chi connectivity index (χ1n) is 6.23. The quantitative estimate of drug-likeness (QED) is 0.677. The second-order valence-corrected chi connectivity index (χ2v) is 7.38. The van der Waals surface area contributed by atoms with Crippen LogP contribution in [-0.2, 0) is 14.6 Å². The Balaban J connectivity index is 1.56. The monoisotopic (exact) mass is 260 g/mol. The lowest BCUT2D eigenvalue weighted by Crippen LogP contribution is -2.37. The SMILES string of the molecule is O=C(CNCC1CC1)NCC1CCS(=O)(=O)C1. The Kier molecular flexibility index (Phi) is 4.04. The summed E-state index contributed by atoms with van der Waals surface area (Å²) in [5.41, 5.74) is 0. The molecule has 1 amide bonds. The van der Waals surface area contributed by atoms with Gasteiger partial charge in [0, 0.05) is 6.54 Å². The molecule has 6 heteroatoms. The molecule has 0 aromatic carbocycles. The Morgan fingerprint density at radius 1 is 1.12 bits per heavy atom. The van der Waals surface area contributed by atoms with Gasteiger partial charge in [0.15, 0.2) is 9.84 Å². The molecule has 1 saturated heterocycles. The molecule has 1 unspecified atom stereocenters. The molecule has 5 nitrogen and oxygen atoms in total. The molecule has 1 aliphatic carbocycles. The molecule has 98 valence electrons. The van der Waals surface area contributed by atoms with E-state index in [0.717, 1.165) is 12.5 Å². The largest absolute Gasteiger partial charge is 0.355 e. The Bertz CT molecular complexity index is 376. The van der Waals surface area contributed by atoms with E-state index in [1.165, 1.54) is 12.8 Å². The van der Waals surface area contributed by atoms with Crippen LogP contribution >= 0.6 is 0 Å². The number of carbonyl (C=O) groups excluding carboxylic acids is 1. The summed E-state index contributed by atoms with van der Waals surface area (Å²) in [6.07, 6.45) is 3.22. The normalized spacial score (nSPS) is 26.9. The van der Waals surface area contributed by atoms with Crippen molar-refractivity contribution in [3.8, 4) is 0 Å². The highest BCUT2D eigenvalue weighted by atomic mass is 32.2. The molecule has 0 bridgehead atoms. The van der Waals surface area contributed by atoms with Crippen molar-refractivity contribution in [3.05, 3.63) is 0 Å². The Morgan fingerprint density at radius 3 is 2.47 bits per heavy atom. The highest BCUT2D eigenvalue weighted by Crippen LogP contribution is 2.27. The van der Waals surface area contributed by atoms with Crippen molar-refractivity contribution in [1.82, 2.24) is 10.6 Å². The summed E-state index contributed by atoms with van der Waals surface area (Å²) in [6, 6.07) is 0. The average molecular weight is 260 g/mol. The summed E-state index contributed by atoms with van der Waals surface area (Å²) in [7, 11) is -2.83. The molecule has 1 saturated carbocycles. The molecule has 2 N–H and O–H groups in total. The predicted molar refractivity (Wildman–Crippen MR) is 65.4 cm³/mol. The van der Waals surface area contributed by atoms with Gasteiger partial charge in [-0.15, -0.1) is 0 Å². The van der Waals surface area contributed by atoms with Crippen LogP contribution in [0.5, 0.6) is 0 Å². The molecule has 17 heavy (non-hydrogen) atoms. The predicted octanol–water partition coefficient (Wildman–Crippen LogP) is -0.463. The molecule has 1 aliphatic heterocycles. The van der Waals surface area contributed by atoms with Crippen LogP contribution < -0.4 is 10.6 Å². The van der Waals surface area contributed by atoms with Gasteiger partial charge in [0.25, 0.3) is 0 Å². The molecule has 1 heterocycles. The highest BCUT2D eigenvalue weighted by molar-refractivity contribution is 7.91. The number of hydrogen-bond donors (Lipinski definition) is 2. The van der Waals surface area contributed by atoms with Gasteiger partial charge in [0.1, 0.15) is 0 Å². The summed E-state index contributed by atoms with van der Waals surface area (Å²) in [5.74, 6) is 1.33. The van der Waals surface area contributed by atoms with Crippen molar-refractivity contribution in [2.45, 2.75) is 19.3 Å². The number of hydrogen-bond acceptors (Lipinski definition) is 4. The van der Waals surface area contributed by atoms with E-state index in [0.29, 0.717) is 19.5 Å². The molecule has 2 fully saturated rings. The minimum absolute atomic E-state index is 0.0325. The first-order chi connectivity index (χ1) is 8.05. The zero-order valence-electron chi connectivity index (χ0n) is 9.94. The lowest BCUT2D eigenvalue weighted by Gasteiger charge is -2.10. The lowest BCUT2D eigenvalue weighted by molar-refractivity contribution is -0.120.